The summed E-state index contributed by atoms with van der Waals surface area (Å²) in [6.45, 7) is 8.46. The van der Waals surface area contributed by atoms with Crippen molar-refractivity contribution in [3.05, 3.63) is 44.5 Å². The van der Waals surface area contributed by atoms with E-state index in [1.165, 1.54) is 50.1 Å². The quantitative estimate of drug-likeness (QED) is 0.411. The second kappa shape index (κ2) is 7.64. The van der Waals surface area contributed by atoms with E-state index in [1.54, 1.807) is 22.3 Å². The summed E-state index contributed by atoms with van der Waals surface area (Å²) in [5, 5.41) is 3.20. The third kappa shape index (κ3) is 4.28. The molecule has 0 saturated carbocycles. The lowest BCUT2D eigenvalue weighted by Gasteiger charge is -2.17. The maximum atomic E-state index is 5.95. The Bertz CT molecular complexity index is 862. The molecule has 0 atom stereocenters. The van der Waals surface area contributed by atoms with Crippen LogP contribution < -0.4 is 0 Å². The van der Waals surface area contributed by atoms with E-state index in [9.17, 15) is 0 Å². The van der Waals surface area contributed by atoms with Gasteiger partial charge in [0.05, 0.1) is 0 Å². The number of nitrogens with one attached hydrogen (secondary N) is 1. The molecule has 27 heavy (non-hydrogen) atoms. The molecule has 1 heterocycles. The molecular formula is C21H31N3OSSi. The van der Waals surface area contributed by atoms with Crippen molar-refractivity contribution in [2.24, 2.45) is 0 Å². The molecule has 0 amide bonds. The molecule has 4 rings (SSSR count). The summed E-state index contributed by atoms with van der Waals surface area (Å²) in [5.41, 5.74) is 7.89. The van der Waals surface area contributed by atoms with Crippen LogP contribution in [0.3, 0.4) is 0 Å². The first kappa shape index (κ1) is 19.1. The van der Waals surface area contributed by atoms with Gasteiger partial charge in [-0.05, 0) is 84.6 Å². The molecule has 2 aliphatic carbocycles. The molecule has 0 saturated heterocycles. The maximum Gasteiger partial charge on any atom is 0.213 e. The number of fused-ring (bicyclic) bond motifs is 2. The Labute approximate surface area is 168 Å². The van der Waals surface area contributed by atoms with E-state index >= 15 is 0 Å². The van der Waals surface area contributed by atoms with Crippen LogP contribution >= 0.6 is 12.2 Å². The normalized spacial score (nSPS) is 16.0. The summed E-state index contributed by atoms with van der Waals surface area (Å²) in [6.07, 6.45) is 8.36. The molecule has 6 heteroatoms. The third-order valence-corrected chi connectivity index (χ3v) is 7.81. The molecular weight excluding hydrogens is 370 g/mol. The fourth-order valence-corrected chi connectivity index (χ4v) is 5.44. The average Bonchev–Trinajstić information content (AvgIpc) is 3.30. The Morgan fingerprint density at radius 3 is 2.41 bits per heavy atom. The van der Waals surface area contributed by atoms with Crippen molar-refractivity contribution in [3.8, 4) is 0 Å². The number of H-pyrrole nitrogens is 1. The summed E-state index contributed by atoms with van der Waals surface area (Å²) in [7, 11) is -1.07. The maximum absolute atomic E-state index is 5.95. The van der Waals surface area contributed by atoms with Crippen molar-refractivity contribution in [3.63, 3.8) is 0 Å². The number of aromatic nitrogens is 3. The second-order valence-electron chi connectivity index (χ2n) is 9.24. The average molecular weight is 402 g/mol. The fourth-order valence-electron chi connectivity index (χ4n) is 4.46. The molecule has 0 bridgehead atoms. The molecule has 0 unspecified atom stereocenters. The molecule has 4 nitrogen and oxygen atoms in total. The summed E-state index contributed by atoms with van der Waals surface area (Å²) in [5.74, 6) is 1.02. The van der Waals surface area contributed by atoms with Crippen LogP contribution in [0.4, 0.5) is 0 Å². The number of ether oxygens (including phenoxy) is 1. The summed E-state index contributed by atoms with van der Waals surface area (Å²) < 4.78 is 8.53. The molecule has 0 aliphatic heterocycles. The van der Waals surface area contributed by atoms with Crippen molar-refractivity contribution in [1.82, 2.24) is 14.8 Å². The minimum absolute atomic E-state index is 0.515. The van der Waals surface area contributed by atoms with Crippen LogP contribution in [0.2, 0.25) is 25.7 Å². The van der Waals surface area contributed by atoms with Crippen LogP contribution in [0.1, 0.15) is 46.5 Å². The van der Waals surface area contributed by atoms with Gasteiger partial charge in [0, 0.05) is 21.1 Å². The largest absolute Gasteiger partial charge is 0.360 e. The van der Waals surface area contributed by atoms with E-state index in [2.05, 4.69) is 35.8 Å². The predicted octanol–water partition coefficient (Wildman–Crippen LogP) is 4.82. The van der Waals surface area contributed by atoms with Gasteiger partial charge < -0.3 is 4.74 Å². The first-order chi connectivity index (χ1) is 12.9. The third-order valence-electron chi connectivity index (χ3n) is 5.92. The molecule has 2 aliphatic rings. The topological polar surface area (TPSA) is 42.8 Å². The van der Waals surface area contributed by atoms with Gasteiger partial charge in [0.25, 0.3) is 0 Å². The molecule has 2 aromatic rings. The number of aryl methyl sites for hydroxylation is 2. The predicted molar refractivity (Wildman–Crippen MR) is 115 cm³/mol. The molecule has 0 spiro atoms. The lowest BCUT2D eigenvalue weighted by atomic mass is 9.92. The van der Waals surface area contributed by atoms with Crippen LogP contribution in [-0.2, 0) is 43.6 Å². The standard InChI is InChI=1S/C21H31N3OSSi/c1-27(2,3)11-10-25-14-24-20(22-21(26)23-24)13-19-17-8-4-6-15(17)12-16-7-5-9-18(16)19/h12H,4-11,13-14H2,1-3H3,(H,23,26). The second-order valence-corrected chi connectivity index (χ2v) is 15.2. The van der Waals surface area contributed by atoms with E-state index in [4.69, 9.17) is 17.0 Å². The van der Waals surface area contributed by atoms with E-state index < -0.39 is 8.07 Å². The monoisotopic (exact) mass is 401 g/mol. The van der Waals surface area contributed by atoms with E-state index in [-0.39, 0.29) is 0 Å². The van der Waals surface area contributed by atoms with Gasteiger partial charge in [0.1, 0.15) is 12.6 Å². The molecule has 1 aromatic carbocycles. The molecule has 1 N–H and O–H groups in total. The van der Waals surface area contributed by atoms with Crippen LogP contribution in [0.15, 0.2) is 6.07 Å². The summed E-state index contributed by atoms with van der Waals surface area (Å²) in [4.78, 5) is 4.64. The number of rotatable bonds is 7. The Morgan fingerprint density at radius 2 is 1.78 bits per heavy atom. The van der Waals surface area contributed by atoms with E-state index in [0.29, 0.717) is 11.5 Å². The summed E-state index contributed by atoms with van der Waals surface area (Å²) >= 11 is 5.34. The number of benzene rings is 1. The highest BCUT2D eigenvalue weighted by atomic mass is 32.1. The van der Waals surface area contributed by atoms with Gasteiger partial charge in [0.15, 0.2) is 0 Å². The zero-order valence-corrected chi connectivity index (χ0v) is 18.7. The Hall–Kier alpha value is -1.24. The van der Waals surface area contributed by atoms with Gasteiger partial charge in [-0.3, -0.25) is 5.10 Å². The fraction of sp³-hybridized carbons (Fsp3) is 0.619. The van der Waals surface area contributed by atoms with Gasteiger partial charge in [-0.25, -0.2) is 9.67 Å². The highest BCUT2D eigenvalue weighted by Gasteiger charge is 2.25. The Kier molecular flexibility index (Phi) is 5.40. The van der Waals surface area contributed by atoms with Crippen LogP contribution in [-0.4, -0.2) is 29.4 Å². The minimum atomic E-state index is -1.07. The zero-order valence-electron chi connectivity index (χ0n) is 16.9. The molecule has 146 valence electrons. The zero-order chi connectivity index (χ0) is 19.0. The summed E-state index contributed by atoms with van der Waals surface area (Å²) in [6, 6.07) is 3.67. The minimum Gasteiger partial charge on any atom is -0.360 e. The van der Waals surface area contributed by atoms with Gasteiger partial charge >= 0.3 is 0 Å². The highest BCUT2D eigenvalue weighted by Crippen LogP contribution is 2.36. The van der Waals surface area contributed by atoms with Crippen LogP contribution in [0.25, 0.3) is 0 Å². The van der Waals surface area contributed by atoms with E-state index in [1.807, 2.05) is 4.68 Å². The molecule has 0 radical (unpaired) electrons. The number of nitrogens with zero attached hydrogens (tertiary/aromatic N) is 2. The lowest BCUT2D eigenvalue weighted by Crippen LogP contribution is -2.22. The highest BCUT2D eigenvalue weighted by molar-refractivity contribution is 7.71. The molecule has 0 fully saturated rings. The van der Waals surface area contributed by atoms with Gasteiger partial charge in [-0.1, -0.05) is 25.7 Å². The van der Waals surface area contributed by atoms with Crippen molar-refractivity contribution in [2.45, 2.75) is 77.4 Å². The number of hydrogen-bond donors (Lipinski definition) is 1. The van der Waals surface area contributed by atoms with Crippen LogP contribution in [0.5, 0.6) is 0 Å². The van der Waals surface area contributed by atoms with Gasteiger partial charge in [0.2, 0.25) is 4.77 Å². The van der Waals surface area contributed by atoms with Crippen molar-refractivity contribution >= 4 is 20.3 Å². The van der Waals surface area contributed by atoms with Crippen molar-refractivity contribution < 1.29 is 4.74 Å². The first-order valence-electron chi connectivity index (χ1n) is 10.3. The Morgan fingerprint density at radius 1 is 1.11 bits per heavy atom. The SMILES string of the molecule is C[Si](C)(C)CCOCn1[nH]c(=S)nc1Cc1c2c(cc3c1CCC3)CCC2. The van der Waals surface area contributed by atoms with Gasteiger partial charge in [-0.2, -0.15) is 0 Å². The van der Waals surface area contributed by atoms with Gasteiger partial charge in [-0.15, -0.1) is 0 Å². The van der Waals surface area contributed by atoms with Crippen LogP contribution in [0, 0.1) is 4.77 Å². The van der Waals surface area contributed by atoms with Crippen molar-refractivity contribution in [2.75, 3.05) is 6.61 Å². The smallest absolute Gasteiger partial charge is 0.213 e. The lowest BCUT2D eigenvalue weighted by molar-refractivity contribution is 0.0763. The number of aromatic amines is 1. The number of hydrogen-bond acceptors (Lipinski definition) is 3. The van der Waals surface area contributed by atoms with Crippen molar-refractivity contribution in [1.29, 1.82) is 0 Å². The molecule has 1 aromatic heterocycles. The Balaban J connectivity index is 1.55. The first-order valence-corrected chi connectivity index (χ1v) is 14.4. The van der Waals surface area contributed by atoms with E-state index in [0.717, 1.165) is 18.9 Å².